The predicted octanol–water partition coefficient (Wildman–Crippen LogP) is 2.58. The Morgan fingerprint density at radius 3 is 2.00 bits per heavy atom. The van der Waals surface area contributed by atoms with E-state index in [0.717, 1.165) is 5.92 Å². The van der Waals surface area contributed by atoms with E-state index >= 15 is 0 Å². The van der Waals surface area contributed by atoms with Gasteiger partial charge in [-0.05, 0) is 56.8 Å². The lowest BCUT2D eigenvalue weighted by molar-refractivity contribution is -0.135. The van der Waals surface area contributed by atoms with E-state index in [2.05, 4.69) is 6.92 Å². The van der Waals surface area contributed by atoms with Gasteiger partial charge in [0.15, 0.2) is 0 Å². The fraction of sp³-hybridized carbons (Fsp3) is 1.00. The second kappa shape index (κ2) is 2.25. The SMILES string of the molecule is CC1CC2(C1)CC(C(C)(C)O)C2. The van der Waals surface area contributed by atoms with E-state index in [1.807, 2.05) is 13.8 Å². The van der Waals surface area contributed by atoms with E-state index in [1.165, 1.54) is 25.7 Å². The molecule has 0 aromatic carbocycles. The van der Waals surface area contributed by atoms with Gasteiger partial charge >= 0.3 is 0 Å². The van der Waals surface area contributed by atoms with Crippen LogP contribution in [0.3, 0.4) is 0 Å². The molecule has 0 radical (unpaired) electrons. The molecule has 1 nitrogen and oxygen atoms in total. The average molecular weight is 168 g/mol. The first kappa shape index (κ1) is 8.55. The Morgan fingerprint density at radius 2 is 1.67 bits per heavy atom. The zero-order valence-electron chi connectivity index (χ0n) is 8.43. The molecule has 2 saturated carbocycles. The first-order valence-corrected chi connectivity index (χ1v) is 5.14. The molecule has 0 heterocycles. The molecule has 0 bridgehead atoms. The summed E-state index contributed by atoms with van der Waals surface area (Å²) in [6, 6.07) is 0. The Hall–Kier alpha value is -0.0400. The van der Waals surface area contributed by atoms with E-state index in [-0.39, 0.29) is 0 Å². The minimum Gasteiger partial charge on any atom is -0.390 e. The van der Waals surface area contributed by atoms with Crippen molar-refractivity contribution in [1.29, 1.82) is 0 Å². The highest BCUT2D eigenvalue weighted by atomic mass is 16.3. The second-order valence-electron chi connectivity index (χ2n) is 5.77. The lowest BCUT2D eigenvalue weighted by Crippen LogP contribution is -2.53. The number of hydrogen-bond acceptors (Lipinski definition) is 1. The van der Waals surface area contributed by atoms with E-state index in [1.54, 1.807) is 0 Å². The van der Waals surface area contributed by atoms with Crippen molar-refractivity contribution in [3.63, 3.8) is 0 Å². The molecule has 2 aliphatic carbocycles. The minimum atomic E-state index is -0.427. The minimum absolute atomic E-state index is 0.427. The molecule has 12 heavy (non-hydrogen) atoms. The average Bonchev–Trinajstić information content (AvgIpc) is 1.71. The fourth-order valence-electron chi connectivity index (χ4n) is 3.24. The van der Waals surface area contributed by atoms with E-state index in [4.69, 9.17) is 0 Å². The van der Waals surface area contributed by atoms with Gasteiger partial charge in [-0.1, -0.05) is 6.92 Å². The number of rotatable bonds is 1. The smallest absolute Gasteiger partial charge is 0.0620 e. The van der Waals surface area contributed by atoms with Gasteiger partial charge < -0.3 is 5.11 Å². The Balaban J connectivity index is 1.85. The van der Waals surface area contributed by atoms with Gasteiger partial charge in [-0.15, -0.1) is 0 Å². The van der Waals surface area contributed by atoms with Crippen LogP contribution in [0.1, 0.15) is 46.5 Å². The van der Waals surface area contributed by atoms with Crippen LogP contribution in [0.2, 0.25) is 0 Å². The maximum absolute atomic E-state index is 9.76. The van der Waals surface area contributed by atoms with Crippen LogP contribution in [-0.2, 0) is 0 Å². The second-order valence-corrected chi connectivity index (χ2v) is 5.77. The quantitative estimate of drug-likeness (QED) is 0.638. The van der Waals surface area contributed by atoms with Crippen molar-refractivity contribution in [2.45, 2.75) is 52.1 Å². The van der Waals surface area contributed by atoms with Crippen LogP contribution < -0.4 is 0 Å². The molecule has 0 atom stereocenters. The van der Waals surface area contributed by atoms with Crippen LogP contribution in [0.25, 0.3) is 0 Å². The number of hydrogen-bond donors (Lipinski definition) is 1. The summed E-state index contributed by atoms with van der Waals surface area (Å²) in [5, 5.41) is 9.76. The molecule has 0 saturated heterocycles. The van der Waals surface area contributed by atoms with Gasteiger partial charge in [-0.25, -0.2) is 0 Å². The molecule has 2 rings (SSSR count). The molecule has 0 aromatic rings. The standard InChI is InChI=1S/C11H20O/c1-8-4-11(5-8)6-9(7-11)10(2,3)12/h8-9,12H,4-7H2,1-3H3. The van der Waals surface area contributed by atoms with Crippen molar-refractivity contribution >= 4 is 0 Å². The van der Waals surface area contributed by atoms with Crippen LogP contribution in [0.15, 0.2) is 0 Å². The molecule has 0 aromatic heterocycles. The van der Waals surface area contributed by atoms with E-state index < -0.39 is 5.60 Å². The Bertz CT molecular complexity index is 176. The molecular formula is C11H20O. The van der Waals surface area contributed by atoms with E-state index in [0.29, 0.717) is 11.3 Å². The summed E-state index contributed by atoms with van der Waals surface area (Å²) in [5.74, 6) is 1.53. The molecule has 2 fully saturated rings. The molecule has 70 valence electrons. The van der Waals surface area contributed by atoms with Crippen molar-refractivity contribution in [2.24, 2.45) is 17.3 Å². The molecule has 1 spiro atoms. The monoisotopic (exact) mass is 168 g/mol. The van der Waals surface area contributed by atoms with Crippen LogP contribution in [-0.4, -0.2) is 10.7 Å². The van der Waals surface area contributed by atoms with Crippen LogP contribution >= 0.6 is 0 Å². The summed E-state index contributed by atoms with van der Waals surface area (Å²) < 4.78 is 0. The Kier molecular flexibility index (Phi) is 1.61. The lowest BCUT2D eigenvalue weighted by Gasteiger charge is -2.60. The largest absolute Gasteiger partial charge is 0.390 e. The van der Waals surface area contributed by atoms with Gasteiger partial charge in [0.2, 0.25) is 0 Å². The summed E-state index contributed by atoms with van der Waals surface area (Å²) in [4.78, 5) is 0. The van der Waals surface area contributed by atoms with Gasteiger partial charge in [0, 0.05) is 0 Å². The van der Waals surface area contributed by atoms with Crippen molar-refractivity contribution in [3.05, 3.63) is 0 Å². The van der Waals surface area contributed by atoms with Gasteiger partial charge in [0.25, 0.3) is 0 Å². The predicted molar refractivity (Wildman–Crippen MR) is 49.9 cm³/mol. The third kappa shape index (κ3) is 1.19. The molecule has 0 aliphatic heterocycles. The topological polar surface area (TPSA) is 20.2 Å². The van der Waals surface area contributed by atoms with Crippen molar-refractivity contribution in [3.8, 4) is 0 Å². The van der Waals surface area contributed by atoms with Crippen LogP contribution in [0.5, 0.6) is 0 Å². The summed E-state index contributed by atoms with van der Waals surface area (Å²) in [6.07, 6.45) is 5.39. The molecule has 1 heteroatoms. The Morgan fingerprint density at radius 1 is 1.17 bits per heavy atom. The molecular weight excluding hydrogens is 148 g/mol. The van der Waals surface area contributed by atoms with Crippen molar-refractivity contribution in [2.75, 3.05) is 0 Å². The first-order chi connectivity index (χ1) is 5.41. The summed E-state index contributed by atoms with van der Waals surface area (Å²) in [5.41, 5.74) is 0.258. The third-order valence-electron chi connectivity index (χ3n) is 3.92. The summed E-state index contributed by atoms with van der Waals surface area (Å²) in [7, 11) is 0. The van der Waals surface area contributed by atoms with E-state index in [9.17, 15) is 5.11 Å². The fourth-order valence-corrected chi connectivity index (χ4v) is 3.24. The normalized spacial score (nSPS) is 47.0. The maximum Gasteiger partial charge on any atom is 0.0620 e. The highest BCUT2D eigenvalue weighted by Gasteiger charge is 2.54. The highest BCUT2D eigenvalue weighted by Crippen LogP contribution is 2.62. The van der Waals surface area contributed by atoms with Gasteiger partial charge in [-0.2, -0.15) is 0 Å². The van der Waals surface area contributed by atoms with Gasteiger partial charge in [-0.3, -0.25) is 0 Å². The number of aliphatic hydroxyl groups is 1. The molecule has 0 amide bonds. The van der Waals surface area contributed by atoms with Crippen molar-refractivity contribution < 1.29 is 5.11 Å². The van der Waals surface area contributed by atoms with Crippen LogP contribution in [0, 0.1) is 17.3 Å². The van der Waals surface area contributed by atoms with Crippen molar-refractivity contribution in [1.82, 2.24) is 0 Å². The van der Waals surface area contributed by atoms with Gasteiger partial charge in [0.1, 0.15) is 0 Å². The Labute approximate surface area is 75.2 Å². The third-order valence-corrected chi connectivity index (χ3v) is 3.92. The molecule has 0 unspecified atom stereocenters. The first-order valence-electron chi connectivity index (χ1n) is 5.14. The maximum atomic E-state index is 9.76. The summed E-state index contributed by atoms with van der Waals surface area (Å²) in [6.45, 7) is 6.24. The summed E-state index contributed by atoms with van der Waals surface area (Å²) >= 11 is 0. The zero-order valence-corrected chi connectivity index (χ0v) is 8.43. The lowest BCUT2D eigenvalue weighted by atomic mass is 9.46. The molecule has 2 aliphatic rings. The van der Waals surface area contributed by atoms with Gasteiger partial charge in [0.05, 0.1) is 5.60 Å². The molecule has 1 N–H and O–H groups in total. The van der Waals surface area contributed by atoms with Crippen LogP contribution in [0.4, 0.5) is 0 Å². The zero-order chi connectivity index (χ0) is 8.98. The highest BCUT2D eigenvalue weighted by molar-refractivity contribution is 5.05.